The summed E-state index contributed by atoms with van der Waals surface area (Å²) in [5.74, 6) is 0.597. The van der Waals surface area contributed by atoms with Gasteiger partial charge < -0.3 is 15.1 Å². The van der Waals surface area contributed by atoms with Gasteiger partial charge in [-0.05, 0) is 39.7 Å². The summed E-state index contributed by atoms with van der Waals surface area (Å²) in [5, 5.41) is 14.6. The Hall–Kier alpha value is -1.88. The SMILES string of the molecule is CC(Cc1ccccc1)Nc1nnc(CNC(C)(C)C)o1. The molecule has 1 heterocycles. The summed E-state index contributed by atoms with van der Waals surface area (Å²) in [6.45, 7) is 8.98. The van der Waals surface area contributed by atoms with E-state index in [1.165, 1.54) is 5.56 Å². The van der Waals surface area contributed by atoms with E-state index >= 15 is 0 Å². The molecule has 0 amide bonds. The zero-order valence-electron chi connectivity index (χ0n) is 13.2. The molecule has 5 heteroatoms. The fraction of sp³-hybridized carbons (Fsp3) is 0.500. The number of nitrogens with zero attached hydrogens (tertiary/aromatic N) is 2. The Bertz CT molecular complexity index is 545. The van der Waals surface area contributed by atoms with Crippen molar-refractivity contribution >= 4 is 6.01 Å². The molecule has 0 bridgehead atoms. The topological polar surface area (TPSA) is 63.0 Å². The predicted octanol–water partition coefficient (Wildman–Crippen LogP) is 3.00. The third-order valence-electron chi connectivity index (χ3n) is 2.99. The highest BCUT2D eigenvalue weighted by Crippen LogP contribution is 2.11. The van der Waals surface area contributed by atoms with E-state index in [2.05, 4.69) is 60.7 Å². The molecule has 0 aliphatic heterocycles. The average molecular weight is 288 g/mol. The summed E-state index contributed by atoms with van der Waals surface area (Å²) in [4.78, 5) is 0. The van der Waals surface area contributed by atoms with Gasteiger partial charge in [0.25, 0.3) is 0 Å². The number of anilines is 1. The molecule has 114 valence electrons. The molecule has 2 N–H and O–H groups in total. The van der Waals surface area contributed by atoms with Gasteiger partial charge in [-0.1, -0.05) is 35.4 Å². The highest BCUT2D eigenvalue weighted by molar-refractivity contribution is 5.23. The van der Waals surface area contributed by atoms with Crippen LogP contribution in [0.3, 0.4) is 0 Å². The molecule has 1 aromatic carbocycles. The fourth-order valence-corrected chi connectivity index (χ4v) is 1.95. The van der Waals surface area contributed by atoms with Gasteiger partial charge in [0.15, 0.2) is 0 Å². The van der Waals surface area contributed by atoms with Crippen LogP contribution in [0.5, 0.6) is 0 Å². The fourth-order valence-electron chi connectivity index (χ4n) is 1.95. The standard InChI is InChI=1S/C16H24N4O/c1-12(10-13-8-6-5-7-9-13)18-15-20-19-14(21-15)11-17-16(2,3)4/h5-9,12,17H,10-11H2,1-4H3,(H,18,20). The van der Waals surface area contributed by atoms with E-state index in [0.717, 1.165) is 6.42 Å². The Labute approximate surface area is 126 Å². The first kappa shape index (κ1) is 15.5. The zero-order chi connectivity index (χ0) is 15.3. The third kappa shape index (κ3) is 5.55. The summed E-state index contributed by atoms with van der Waals surface area (Å²) >= 11 is 0. The van der Waals surface area contributed by atoms with E-state index in [1.54, 1.807) is 0 Å². The Morgan fingerprint density at radius 2 is 1.86 bits per heavy atom. The summed E-state index contributed by atoms with van der Waals surface area (Å²) in [6.07, 6.45) is 0.915. The van der Waals surface area contributed by atoms with E-state index in [4.69, 9.17) is 4.42 Å². The van der Waals surface area contributed by atoms with Crippen LogP contribution in [0.1, 0.15) is 39.1 Å². The summed E-state index contributed by atoms with van der Waals surface area (Å²) in [6, 6.07) is 11.1. The van der Waals surface area contributed by atoms with Gasteiger partial charge in [-0.15, -0.1) is 5.10 Å². The normalized spacial score (nSPS) is 13.1. The summed E-state index contributed by atoms with van der Waals surface area (Å²) < 4.78 is 5.59. The van der Waals surface area contributed by atoms with Crippen LogP contribution in [0.2, 0.25) is 0 Å². The van der Waals surface area contributed by atoms with Crippen LogP contribution < -0.4 is 10.6 Å². The monoisotopic (exact) mass is 288 g/mol. The van der Waals surface area contributed by atoms with Crippen LogP contribution in [0.25, 0.3) is 0 Å². The molecule has 0 saturated carbocycles. The van der Waals surface area contributed by atoms with Gasteiger partial charge in [0, 0.05) is 11.6 Å². The van der Waals surface area contributed by atoms with Crippen LogP contribution in [0.4, 0.5) is 6.01 Å². The second kappa shape index (κ2) is 6.72. The molecular formula is C16H24N4O. The quantitative estimate of drug-likeness (QED) is 0.855. The Balaban J connectivity index is 1.84. The lowest BCUT2D eigenvalue weighted by Gasteiger charge is -2.18. The molecule has 2 aromatic rings. The summed E-state index contributed by atoms with van der Waals surface area (Å²) in [5.41, 5.74) is 1.31. The maximum Gasteiger partial charge on any atom is 0.315 e. The van der Waals surface area contributed by atoms with Crippen molar-refractivity contribution in [1.82, 2.24) is 15.5 Å². The molecule has 1 unspecified atom stereocenters. The van der Waals surface area contributed by atoms with Gasteiger partial charge in [-0.2, -0.15) is 0 Å². The molecule has 0 aliphatic rings. The van der Waals surface area contributed by atoms with Crippen LogP contribution >= 0.6 is 0 Å². The molecule has 2 rings (SSSR count). The molecule has 1 aromatic heterocycles. The van der Waals surface area contributed by atoms with Crippen LogP contribution in [0, 0.1) is 0 Å². The number of benzene rings is 1. The smallest absolute Gasteiger partial charge is 0.315 e. The van der Waals surface area contributed by atoms with Gasteiger partial charge in [0.05, 0.1) is 6.54 Å². The van der Waals surface area contributed by atoms with Gasteiger partial charge in [0.2, 0.25) is 5.89 Å². The average Bonchev–Trinajstić information content (AvgIpc) is 2.84. The van der Waals surface area contributed by atoms with Crippen molar-refractivity contribution in [2.45, 2.75) is 52.2 Å². The highest BCUT2D eigenvalue weighted by atomic mass is 16.4. The second-order valence-electron chi connectivity index (χ2n) is 6.34. The molecule has 0 spiro atoms. The molecular weight excluding hydrogens is 264 g/mol. The minimum Gasteiger partial charge on any atom is -0.407 e. The minimum atomic E-state index is 0.0304. The van der Waals surface area contributed by atoms with Crippen molar-refractivity contribution < 1.29 is 4.42 Å². The lowest BCUT2D eigenvalue weighted by atomic mass is 10.1. The van der Waals surface area contributed by atoms with Gasteiger partial charge in [-0.25, -0.2) is 0 Å². The van der Waals surface area contributed by atoms with Crippen molar-refractivity contribution in [3.8, 4) is 0 Å². The van der Waals surface area contributed by atoms with E-state index in [9.17, 15) is 0 Å². The zero-order valence-corrected chi connectivity index (χ0v) is 13.2. The highest BCUT2D eigenvalue weighted by Gasteiger charge is 2.13. The number of hydrogen-bond acceptors (Lipinski definition) is 5. The lowest BCUT2D eigenvalue weighted by Crippen LogP contribution is -2.35. The first-order chi connectivity index (χ1) is 9.92. The van der Waals surface area contributed by atoms with Crippen LogP contribution in [-0.2, 0) is 13.0 Å². The van der Waals surface area contributed by atoms with Gasteiger partial charge >= 0.3 is 6.01 Å². The maximum atomic E-state index is 5.59. The Kier molecular flexibility index (Phi) is 4.96. The van der Waals surface area contributed by atoms with Crippen molar-refractivity contribution in [3.63, 3.8) is 0 Å². The van der Waals surface area contributed by atoms with Crippen molar-refractivity contribution in [2.75, 3.05) is 5.32 Å². The van der Waals surface area contributed by atoms with E-state index in [0.29, 0.717) is 18.5 Å². The summed E-state index contributed by atoms with van der Waals surface area (Å²) in [7, 11) is 0. The third-order valence-corrected chi connectivity index (χ3v) is 2.99. The molecule has 21 heavy (non-hydrogen) atoms. The number of rotatable bonds is 6. The van der Waals surface area contributed by atoms with E-state index in [-0.39, 0.29) is 11.6 Å². The maximum absolute atomic E-state index is 5.59. The Morgan fingerprint density at radius 1 is 1.14 bits per heavy atom. The first-order valence-electron chi connectivity index (χ1n) is 7.30. The first-order valence-corrected chi connectivity index (χ1v) is 7.30. The minimum absolute atomic E-state index is 0.0304. The number of hydrogen-bond donors (Lipinski definition) is 2. The van der Waals surface area contributed by atoms with Crippen LogP contribution in [-0.4, -0.2) is 21.8 Å². The predicted molar refractivity (Wildman–Crippen MR) is 84.1 cm³/mol. The lowest BCUT2D eigenvalue weighted by molar-refractivity contribution is 0.383. The number of aromatic nitrogens is 2. The second-order valence-corrected chi connectivity index (χ2v) is 6.34. The molecule has 0 radical (unpaired) electrons. The van der Waals surface area contributed by atoms with Crippen LogP contribution in [0.15, 0.2) is 34.7 Å². The molecule has 5 nitrogen and oxygen atoms in total. The van der Waals surface area contributed by atoms with Gasteiger partial charge in [-0.3, -0.25) is 0 Å². The Morgan fingerprint density at radius 3 is 2.52 bits per heavy atom. The van der Waals surface area contributed by atoms with Gasteiger partial charge in [0.1, 0.15) is 0 Å². The molecule has 0 aliphatic carbocycles. The largest absolute Gasteiger partial charge is 0.407 e. The van der Waals surface area contributed by atoms with E-state index in [1.807, 2.05) is 18.2 Å². The molecule has 1 atom stereocenters. The number of nitrogens with one attached hydrogen (secondary N) is 2. The molecule has 0 fully saturated rings. The van der Waals surface area contributed by atoms with Crippen molar-refractivity contribution in [2.24, 2.45) is 0 Å². The van der Waals surface area contributed by atoms with Crippen molar-refractivity contribution in [1.29, 1.82) is 0 Å². The van der Waals surface area contributed by atoms with Crippen molar-refractivity contribution in [3.05, 3.63) is 41.8 Å². The molecule has 0 saturated heterocycles. The van der Waals surface area contributed by atoms with E-state index < -0.39 is 0 Å².